The number of nitrogens with one attached hydrogen (secondary N) is 1. The van der Waals surface area contributed by atoms with Gasteiger partial charge in [-0.2, -0.15) is 12.7 Å². The average Bonchev–Trinajstić information content (AvgIpc) is 2.57. The summed E-state index contributed by atoms with van der Waals surface area (Å²) in [6.45, 7) is 1.07. The molecule has 8 heteroatoms. The summed E-state index contributed by atoms with van der Waals surface area (Å²) in [6, 6.07) is 10.1. The first-order valence-corrected chi connectivity index (χ1v) is 9.33. The van der Waals surface area contributed by atoms with Crippen LogP contribution in [-0.2, 0) is 16.8 Å². The van der Waals surface area contributed by atoms with E-state index in [0.29, 0.717) is 18.5 Å². The Kier molecular flexibility index (Phi) is 5.03. The maximum atomic E-state index is 14.3. The van der Waals surface area contributed by atoms with E-state index in [1.54, 1.807) is 31.3 Å². The van der Waals surface area contributed by atoms with Crippen molar-refractivity contribution in [1.82, 2.24) is 9.62 Å². The smallest absolute Gasteiger partial charge is 0.309 e. The van der Waals surface area contributed by atoms with Crippen molar-refractivity contribution in [3.8, 4) is 0 Å². The van der Waals surface area contributed by atoms with Crippen molar-refractivity contribution in [2.24, 2.45) is 0 Å². The van der Waals surface area contributed by atoms with Crippen molar-refractivity contribution in [2.75, 3.05) is 24.4 Å². The molecule has 0 saturated heterocycles. The summed E-state index contributed by atoms with van der Waals surface area (Å²) in [5.74, 6) is -1.84. The van der Waals surface area contributed by atoms with Crippen LogP contribution in [0, 0.1) is 11.6 Å². The molecule has 134 valence electrons. The zero-order chi connectivity index (χ0) is 18.0. The number of para-hydroxylation sites is 2. The van der Waals surface area contributed by atoms with E-state index in [9.17, 15) is 17.2 Å². The predicted molar refractivity (Wildman–Crippen MR) is 92.8 cm³/mol. The number of benzene rings is 2. The first-order chi connectivity index (χ1) is 12.0. The van der Waals surface area contributed by atoms with Gasteiger partial charge in [0.05, 0.1) is 5.69 Å². The standard InChI is InChI=1S/C17H19F2N3O2S/c1-20-10-5-11-21-12-13-6-2-3-9-16(13)22(25(21,23)24)17-14(18)7-4-8-15(17)19/h2-4,6-9,20H,5,10-12H2,1H3. The van der Waals surface area contributed by atoms with Crippen LogP contribution in [0.4, 0.5) is 20.2 Å². The number of nitrogens with zero attached hydrogens (tertiary/aromatic N) is 2. The molecule has 1 N–H and O–H groups in total. The highest BCUT2D eigenvalue weighted by Gasteiger charge is 2.39. The first-order valence-electron chi connectivity index (χ1n) is 7.93. The number of halogens is 2. The Bertz CT molecular complexity index is 854. The van der Waals surface area contributed by atoms with Gasteiger partial charge in [0.25, 0.3) is 0 Å². The zero-order valence-corrected chi connectivity index (χ0v) is 14.6. The van der Waals surface area contributed by atoms with Crippen LogP contribution in [0.3, 0.4) is 0 Å². The Hall–Kier alpha value is -2.03. The summed E-state index contributed by atoms with van der Waals surface area (Å²) in [4.78, 5) is 0. The molecule has 1 aliphatic heterocycles. The van der Waals surface area contributed by atoms with Gasteiger partial charge in [0.15, 0.2) is 11.6 Å². The van der Waals surface area contributed by atoms with Gasteiger partial charge in [-0.25, -0.2) is 13.1 Å². The van der Waals surface area contributed by atoms with E-state index in [0.717, 1.165) is 16.4 Å². The van der Waals surface area contributed by atoms with E-state index in [4.69, 9.17) is 0 Å². The third-order valence-electron chi connectivity index (χ3n) is 4.09. The van der Waals surface area contributed by atoms with Crippen LogP contribution in [-0.4, -0.2) is 32.9 Å². The van der Waals surface area contributed by atoms with E-state index < -0.39 is 27.5 Å². The van der Waals surface area contributed by atoms with Crippen molar-refractivity contribution in [2.45, 2.75) is 13.0 Å². The molecule has 1 aliphatic rings. The first kappa shape index (κ1) is 17.8. The lowest BCUT2D eigenvalue weighted by Gasteiger charge is -2.37. The van der Waals surface area contributed by atoms with Crippen LogP contribution < -0.4 is 9.62 Å². The molecule has 5 nitrogen and oxygen atoms in total. The number of hydrogen-bond donors (Lipinski definition) is 1. The topological polar surface area (TPSA) is 52.6 Å². The van der Waals surface area contributed by atoms with Gasteiger partial charge in [-0.3, -0.25) is 0 Å². The van der Waals surface area contributed by atoms with Crippen LogP contribution in [0.1, 0.15) is 12.0 Å². The fraction of sp³-hybridized carbons (Fsp3) is 0.294. The molecular formula is C17H19F2N3O2S. The largest absolute Gasteiger partial charge is 0.320 e. The Morgan fingerprint density at radius 1 is 1.08 bits per heavy atom. The minimum absolute atomic E-state index is 0.175. The van der Waals surface area contributed by atoms with Gasteiger partial charge < -0.3 is 5.32 Å². The Morgan fingerprint density at radius 2 is 1.76 bits per heavy atom. The van der Waals surface area contributed by atoms with Crippen molar-refractivity contribution in [1.29, 1.82) is 0 Å². The molecule has 0 radical (unpaired) electrons. The molecule has 2 aromatic carbocycles. The van der Waals surface area contributed by atoms with Gasteiger partial charge in [0.1, 0.15) is 5.69 Å². The number of anilines is 2. The third-order valence-corrected chi connectivity index (χ3v) is 5.89. The summed E-state index contributed by atoms with van der Waals surface area (Å²) in [6.07, 6.45) is 0.589. The normalized spacial score (nSPS) is 16.7. The van der Waals surface area contributed by atoms with Gasteiger partial charge in [-0.05, 0) is 43.8 Å². The molecule has 0 aromatic heterocycles. The van der Waals surface area contributed by atoms with E-state index in [1.165, 1.54) is 10.4 Å². The quantitative estimate of drug-likeness (QED) is 0.827. The van der Waals surface area contributed by atoms with Gasteiger partial charge in [0, 0.05) is 13.1 Å². The minimum atomic E-state index is -4.10. The molecule has 0 aliphatic carbocycles. The monoisotopic (exact) mass is 367 g/mol. The highest BCUT2D eigenvalue weighted by atomic mass is 32.2. The van der Waals surface area contributed by atoms with Crippen molar-refractivity contribution in [3.05, 3.63) is 59.7 Å². The Labute approximate surface area is 146 Å². The predicted octanol–water partition coefficient (Wildman–Crippen LogP) is 2.77. The van der Waals surface area contributed by atoms with Crippen LogP contribution in [0.15, 0.2) is 42.5 Å². The molecule has 0 saturated carbocycles. The maximum Gasteiger partial charge on any atom is 0.309 e. The lowest BCUT2D eigenvalue weighted by Crippen LogP contribution is -2.46. The summed E-state index contributed by atoms with van der Waals surface area (Å²) in [5.41, 5.74) is 0.397. The Balaban J connectivity index is 2.14. The zero-order valence-electron chi connectivity index (χ0n) is 13.7. The van der Waals surface area contributed by atoms with Crippen molar-refractivity contribution in [3.63, 3.8) is 0 Å². The number of fused-ring (bicyclic) bond motifs is 1. The number of hydrogen-bond acceptors (Lipinski definition) is 3. The molecule has 1 heterocycles. The van der Waals surface area contributed by atoms with Crippen LogP contribution in [0.2, 0.25) is 0 Å². The molecular weight excluding hydrogens is 348 g/mol. The molecule has 0 amide bonds. The molecule has 0 bridgehead atoms. The van der Waals surface area contributed by atoms with Gasteiger partial charge >= 0.3 is 10.2 Å². The summed E-state index contributed by atoms with van der Waals surface area (Å²) >= 11 is 0. The average molecular weight is 367 g/mol. The van der Waals surface area contributed by atoms with E-state index >= 15 is 0 Å². The molecule has 3 rings (SSSR count). The number of rotatable bonds is 5. The van der Waals surface area contributed by atoms with Gasteiger partial charge in [-0.15, -0.1) is 0 Å². The lowest BCUT2D eigenvalue weighted by molar-refractivity contribution is 0.391. The Morgan fingerprint density at radius 3 is 2.44 bits per heavy atom. The van der Waals surface area contributed by atoms with Gasteiger partial charge in [-0.1, -0.05) is 24.3 Å². The van der Waals surface area contributed by atoms with E-state index in [2.05, 4.69) is 5.32 Å². The van der Waals surface area contributed by atoms with Gasteiger partial charge in [0.2, 0.25) is 0 Å². The fourth-order valence-corrected chi connectivity index (χ4v) is 4.62. The molecule has 25 heavy (non-hydrogen) atoms. The molecule has 0 fully saturated rings. The summed E-state index contributed by atoms with van der Waals surface area (Å²) in [7, 11) is -2.32. The van der Waals surface area contributed by atoms with Crippen LogP contribution in [0.5, 0.6) is 0 Å². The van der Waals surface area contributed by atoms with E-state index in [-0.39, 0.29) is 18.8 Å². The van der Waals surface area contributed by atoms with Crippen molar-refractivity contribution >= 4 is 21.6 Å². The van der Waals surface area contributed by atoms with E-state index in [1.807, 2.05) is 0 Å². The summed E-state index contributed by atoms with van der Waals surface area (Å²) in [5, 5.41) is 2.96. The lowest BCUT2D eigenvalue weighted by atomic mass is 10.1. The second-order valence-corrected chi connectivity index (χ2v) is 7.54. The molecule has 0 spiro atoms. The SMILES string of the molecule is CNCCCN1Cc2ccccc2N(c2c(F)cccc2F)S1(=O)=O. The van der Waals surface area contributed by atoms with Crippen molar-refractivity contribution < 1.29 is 17.2 Å². The maximum absolute atomic E-state index is 14.3. The second-order valence-electron chi connectivity index (χ2n) is 5.76. The minimum Gasteiger partial charge on any atom is -0.320 e. The van der Waals surface area contributed by atoms with Crippen LogP contribution >= 0.6 is 0 Å². The second kappa shape index (κ2) is 7.07. The molecule has 0 atom stereocenters. The van der Waals surface area contributed by atoms with Crippen LogP contribution in [0.25, 0.3) is 0 Å². The molecule has 2 aromatic rings. The third kappa shape index (κ3) is 3.24. The fourth-order valence-electron chi connectivity index (χ4n) is 2.90. The summed E-state index contributed by atoms with van der Waals surface area (Å²) < 4.78 is 56.8. The highest BCUT2D eigenvalue weighted by Crippen LogP contribution is 2.40. The molecule has 0 unspecified atom stereocenters. The highest BCUT2D eigenvalue weighted by molar-refractivity contribution is 7.90.